The minimum absolute atomic E-state index is 0.0514. The second-order valence-electron chi connectivity index (χ2n) is 6.54. The van der Waals surface area contributed by atoms with Crippen molar-refractivity contribution in [3.63, 3.8) is 0 Å². The Labute approximate surface area is 163 Å². The van der Waals surface area contributed by atoms with E-state index in [0.29, 0.717) is 0 Å². The summed E-state index contributed by atoms with van der Waals surface area (Å²) >= 11 is 0. The zero-order valence-corrected chi connectivity index (χ0v) is 15.7. The molecule has 28 heavy (non-hydrogen) atoms. The lowest BCUT2D eigenvalue weighted by molar-refractivity contribution is 0.0996. The Morgan fingerprint density at radius 3 is 2.46 bits per heavy atom. The van der Waals surface area contributed by atoms with Crippen LogP contribution in [0.1, 0.15) is 35.8 Å². The van der Waals surface area contributed by atoms with Crippen LogP contribution in [0, 0.1) is 0 Å². The Kier molecular flexibility index (Phi) is 5.74. The van der Waals surface area contributed by atoms with E-state index < -0.39 is 11.9 Å². The summed E-state index contributed by atoms with van der Waals surface area (Å²) in [5.74, 6) is -0.749. The third-order valence-corrected chi connectivity index (χ3v) is 4.42. The topological polar surface area (TPSA) is 116 Å². The van der Waals surface area contributed by atoms with E-state index in [0.717, 1.165) is 23.2 Å². The Bertz CT molecular complexity index is 992. The number of primary amides is 2. The Morgan fingerprint density at radius 2 is 1.82 bits per heavy atom. The van der Waals surface area contributed by atoms with E-state index in [4.69, 9.17) is 11.5 Å². The smallest absolute Gasteiger partial charge is 0.316 e. The molecule has 0 radical (unpaired) electrons. The SMILES string of the molecule is CCCCc1ccc(-c2cccc(-n3cc(NC(N)=O)c(C(N)=O)n3)c2)cc1. The summed E-state index contributed by atoms with van der Waals surface area (Å²) in [4.78, 5) is 22.7. The first-order valence-electron chi connectivity index (χ1n) is 9.13. The van der Waals surface area contributed by atoms with Gasteiger partial charge in [0.25, 0.3) is 5.91 Å². The first-order chi connectivity index (χ1) is 13.5. The number of hydrogen-bond donors (Lipinski definition) is 3. The van der Waals surface area contributed by atoms with E-state index in [2.05, 4.69) is 41.6 Å². The number of aromatic nitrogens is 2. The molecule has 0 aliphatic rings. The van der Waals surface area contributed by atoms with Gasteiger partial charge in [0.05, 0.1) is 17.6 Å². The van der Waals surface area contributed by atoms with Gasteiger partial charge in [-0.3, -0.25) is 4.79 Å². The van der Waals surface area contributed by atoms with Gasteiger partial charge in [0, 0.05) is 0 Å². The standard InChI is InChI=1S/C21H23N5O2/c1-2-3-5-14-8-10-15(11-9-14)16-6-4-7-17(12-16)26-13-18(24-21(23)28)19(25-26)20(22)27/h4,6-13H,2-3,5H2,1H3,(H2,22,27)(H3,23,24,28). The number of aryl methyl sites for hydroxylation is 1. The minimum Gasteiger partial charge on any atom is -0.364 e. The highest BCUT2D eigenvalue weighted by Gasteiger charge is 2.16. The lowest BCUT2D eigenvalue weighted by Gasteiger charge is -2.07. The van der Waals surface area contributed by atoms with E-state index in [9.17, 15) is 9.59 Å². The minimum atomic E-state index is -0.793. The molecule has 3 rings (SSSR count). The number of nitrogens with one attached hydrogen (secondary N) is 1. The molecule has 7 nitrogen and oxygen atoms in total. The second kappa shape index (κ2) is 8.39. The van der Waals surface area contributed by atoms with Gasteiger partial charge >= 0.3 is 6.03 Å². The first-order valence-corrected chi connectivity index (χ1v) is 9.13. The summed E-state index contributed by atoms with van der Waals surface area (Å²) in [5.41, 5.74) is 14.8. The highest BCUT2D eigenvalue weighted by molar-refractivity contribution is 6.00. The maximum atomic E-state index is 11.6. The van der Waals surface area contributed by atoms with Crippen LogP contribution in [0.15, 0.2) is 54.7 Å². The normalized spacial score (nSPS) is 10.6. The molecular formula is C21H23N5O2. The largest absolute Gasteiger partial charge is 0.364 e. The average Bonchev–Trinajstić information content (AvgIpc) is 3.10. The van der Waals surface area contributed by atoms with Gasteiger partial charge in [-0.2, -0.15) is 5.10 Å². The number of unbranched alkanes of at least 4 members (excludes halogenated alkanes) is 1. The molecule has 1 heterocycles. The third-order valence-electron chi connectivity index (χ3n) is 4.42. The molecule has 0 saturated heterocycles. The molecule has 0 spiro atoms. The number of amides is 3. The molecule has 3 amide bonds. The van der Waals surface area contributed by atoms with Crippen LogP contribution < -0.4 is 16.8 Å². The number of anilines is 1. The number of hydrogen-bond acceptors (Lipinski definition) is 3. The van der Waals surface area contributed by atoms with Gasteiger partial charge in [0.15, 0.2) is 5.69 Å². The van der Waals surface area contributed by atoms with Crippen molar-refractivity contribution in [2.24, 2.45) is 11.5 Å². The van der Waals surface area contributed by atoms with E-state index in [-0.39, 0.29) is 11.4 Å². The fraction of sp³-hybridized carbons (Fsp3) is 0.190. The van der Waals surface area contributed by atoms with Crippen molar-refractivity contribution in [2.75, 3.05) is 5.32 Å². The fourth-order valence-corrected chi connectivity index (χ4v) is 2.99. The maximum Gasteiger partial charge on any atom is 0.316 e. The van der Waals surface area contributed by atoms with Crippen LogP contribution >= 0.6 is 0 Å². The van der Waals surface area contributed by atoms with E-state index in [1.807, 2.05) is 24.3 Å². The number of nitrogens with two attached hydrogens (primary N) is 2. The van der Waals surface area contributed by atoms with Gasteiger partial charge in [-0.1, -0.05) is 49.7 Å². The van der Waals surface area contributed by atoms with Crippen LogP contribution in [0.25, 0.3) is 16.8 Å². The van der Waals surface area contributed by atoms with Crippen LogP contribution in [0.5, 0.6) is 0 Å². The highest BCUT2D eigenvalue weighted by atomic mass is 16.2. The van der Waals surface area contributed by atoms with Crippen molar-refractivity contribution < 1.29 is 9.59 Å². The molecule has 0 atom stereocenters. The zero-order valence-electron chi connectivity index (χ0n) is 15.7. The number of carbonyl (C=O) groups excluding carboxylic acids is 2. The lowest BCUT2D eigenvalue weighted by Crippen LogP contribution is -2.22. The third kappa shape index (κ3) is 4.37. The van der Waals surface area contributed by atoms with Crippen molar-refractivity contribution >= 4 is 17.6 Å². The molecule has 0 aliphatic carbocycles. The summed E-state index contributed by atoms with van der Waals surface area (Å²) in [5, 5.41) is 6.56. The monoisotopic (exact) mass is 377 g/mol. The van der Waals surface area contributed by atoms with Crippen LogP contribution in [0.3, 0.4) is 0 Å². The van der Waals surface area contributed by atoms with Crippen LogP contribution in [0.4, 0.5) is 10.5 Å². The number of carbonyl (C=O) groups is 2. The molecular weight excluding hydrogens is 354 g/mol. The molecule has 0 fully saturated rings. The molecule has 0 unspecified atom stereocenters. The summed E-state index contributed by atoms with van der Waals surface area (Å²) in [7, 11) is 0. The molecule has 3 aromatic rings. The van der Waals surface area contributed by atoms with Gasteiger partial charge in [-0.15, -0.1) is 0 Å². The zero-order chi connectivity index (χ0) is 20.1. The lowest BCUT2D eigenvalue weighted by atomic mass is 10.0. The van der Waals surface area contributed by atoms with Crippen LogP contribution in [-0.2, 0) is 6.42 Å². The summed E-state index contributed by atoms with van der Waals surface area (Å²) in [6, 6.07) is 15.4. The quantitative estimate of drug-likeness (QED) is 0.585. The number of nitrogens with zero attached hydrogens (tertiary/aromatic N) is 2. The summed E-state index contributed by atoms with van der Waals surface area (Å²) < 4.78 is 1.49. The summed E-state index contributed by atoms with van der Waals surface area (Å²) in [6.07, 6.45) is 4.94. The van der Waals surface area contributed by atoms with Crippen molar-refractivity contribution in [1.29, 1.82) is 0 Å². The van der Waals surface area contributed by atoms with Crippen LogP contribution in [0.2, 0.25) is 0 Å². The number of benzene rings is 2. The first kappa shape index (κ1) is 19.2. The van der Waals surface area contributed by atoms with Gasteiger partial charge < -0.3 is 16.8 Å². The van der Waals surface area contributed by atoms with E-state index in [1.54, 1.807) is 0 Å². The van der Waals surface area contributed by atoms with Gasteiger partial charge in [0.2, 0.25) is 0 Å². The maximum absolute atomic E-state index is 11.6. The molecule has 2 aromatic carbocycles. The van der Waals surface area contributed by atoms with Crippen molar-refractivity contribution in [2.45, 2.75) is 26.2 Å². The van der Waals surface area contributed by atoms with Gasteiger partial charge in [-0.25, -0.2) is 9.48 Å². The van der Waals surface area contributed by atoms with Crippen molar-refractivity contribution in [1.82, 2.24) is 9.78 Å². The Hall–Kier alpha value is -3.61. The molecule has 7 heteroatoms. The molecule has 144 valence electrons. The van der Waals surface area contributed by atoms with Crippen molar-refractivity contribution in [3.8, 4) is 16.8 Å². The van der Waals surface area contributed by atoms with E-state index in [1.165, 1.54) is 29.3 Å². The predicted molar refractivity (Wildman–Crippen MR) is 109 cm³/mol. The second-order valence-corrected chi connectivity index (χ2v) is 6.54. The summed E-state index contributed by atoms with van der Waals surface area (Å²) in [6.45, 7) is 2.18. The van der Waals surface area contributed by atoms with Crippen LogP contribution in [-0.4, -0.2) is 21.7 Å². The predicted octanol–water partition coefficient (Wildman–Crippen LogP) is 3.47. The fourth-order valence-electron chi connectivity index (χ4n) is 2.99. The van der Waals surface area contributed by atoms with E-state index >= 15 is 0 Å². The van der Waals surface area contributed by atoms with Gasteiger partial charge in [-0.05, 0) is 41.7 Å². The molecule has 5 N–H and O–H groups in total. The Balaban J connectivity index is 1.91. The highest BCUT2D eigenvalue weighted by Crippen LogP contribution is 2.24. The molecule has 0 saturated carbocycles. The number of urea groups is 1. The molecule has 0 bridgehead atoms. The average molecular weight is 377 g/mol. The van der Waals surface area contributed by atoms with Crippen molar-refractivity contribution in [3.05, 3.63) is 66.0 Å². The Morgan fingerprint density at radius 1 is 1.07 bits per heavy atom. The van der Waals surface area contributed by atoms with Gasteiger partial charge in [0.1, 0.15) is 0 Å². The molecule has 0 aliphatic heterocycles. The number of rotatable bonds is 7. The molecule has 1 aromatic heterocycles.